The number of methoxy groups -OCH3 is 1. The molecule has 3 aromatic carbocycles. The van der Waals surface area contributed by atoms with Gasteiger partial charge in [-0.1, -0.05) is 18.2 Å². The van der Waals surface area contributed by atoms with E-state index in [1.165, 1.54) is 31.5 Å². The number of nitrogens with zero attached hydrogens (tertiary/aromatic N) is 6. The lowest BCUT2D eigenvalue weighted by Gasteiger charge is -2.09. The van der Waals surface area contributed by atoms with Gasteiger partial charge in [0, 0.05) is 23.8 Å². The zero-order valence-electron chi connectivity index (χ0n) is 22.4. The van der Waals surface area contributed by atoms with Crippen molar-refractivity contribution in [1.82, 2.24) is 14.6 Å². The van der Waals surface area contributed by atoms with Crippen LogP contribution in [0.1, 0.15) is 5.56 Å². The Kier molecular flexibility index (Phi) is 7.28. The normalized spacial score (nSPS) is 11.3. The number of rotatable bonds is 8. The molecule has 0 saturated heterocycles. The summed E-state index contributed by atoms with van der Waals surface area (Å²) in [6.45, 7) is 0. The van der Waals surface area contributed by atoms with Gasteiger partial charge in [0.05, 0.1) is 43.9 Å². The maximum Gasteiger partial charge on any atom is 0.313 e. The second kappa shape index (κ2) is 11.4. The molecule has 6 aromatic rings. The summed E-state index contributed by atoms with van der Waals surface area (Å²) in [6, 6.07) is 18.8. The van der Waals surface area contributed by atoms with Crippen LogP contribution in [0, 0.1) is 20.2 Å². The molecular formula is C29H17BrN6O8. The molecule has 0 fully saturated rings. The number of halogens is 1. The number of benzene rings is 3. The van der Waals surface area contributed by atoms with E-state index in [4.69, 9.17) is 13.9 Å². The lowest BCUT2D eigenvalue weighted by atomic mass is 10.2. The summed E-state index contributed by atoms with van der Waals surface area (Å²) in [5.41, 5.74) is -0.0374. The van der Waals surface area contributed by atoms with Gasteiger partial charge in [0.1, 0.15) is 17.5 Å². The lowest BCUT2D eigenvalue weighted by molar-refractivity contribution is -0.385. The Morgan fingerprint density at radius 3 is 2.55 bits per heavy atom. The van der Waals surface area contributed by atoms with Crippen LogP contribution in [0.5, 0.6) is 17.4 Å². The molecule has 6 rings (SSSR count). The van der Waals surface area contributed by atoms with E-state index in [-0.39, 0.29) is 38.9 Å². The Morgan fingerprint density at radius 2 is 1.82 bits per heavy atom. The molecule has 0 saturated carbocycles. The third-order valence-electron chi connectivity index (χ3n) is 6.42. The first-order valence-electron chi connectivity index (χ1n) is 12.6. The van der Waals surface area contributed by atoms with Crippen molar-refractivity contribution in [3.8, 4) is 29.0 Å². The van der Waals surface area contributed by atoms with Gasteiger partial charge in [0.2, 0.25) is 17.5 Å². The Bertz CT molecular complexity index is 2190. The molecule has 14 nitrogen and oxygen atoms in total. The second-order valence-corrected chi connectivity index (χ2v) is 9.97. The summed E-state index contributed by atoms with van der Waals surface area (Å²) < 4.78 is 18.3. The predicted molar refractivity (Wildman–Crippen MR) is 163 cm³/mol. The molecule has 0 N–H and O–H groups in total. The van der Waals surface area contributed by atoms with E-state index in [1.54, 1.807) is 48.5 Å². The highest BCUT2D eigenvalue weighted by Crippen LogP contribution is 2.39. The number of fused-ring (bicyclic) bond motifs is 2. The third-order valence-corrected chi connectivity index (χ3v) is 7.01. The number of furan rings is 1. The maximum absolute atomic E-state index is 13.6. The summed E-state index contributed by atoms with van der Waals surface area (Å²) in [7, 11) is 1.53. The number of hydrogen-bond donors (Lipinski definition) is 0. The summed E-state index contributed by atoms with van der Waals surface area (Å²) in [5, 5.41) is 28.2. The van der Waals surface area contributed by atoms with E-state index in [1.807, 2.05) is 0 Å². The van der Waals surface area contributed by atoms with E-state index in [0.717, 1.165) is 16.9 Å². The Labute approximate surface area is 254 Å². The van der Waals surface area contributed by atoms with E-state index < -0.39 is 21.1 Å². The standard InChI is InChI=1S/C29H17BrN6O8/c1-42-23-7-4-8-24-19(23)13-25(43-24)28-33-21-6-3-2-5-18(21)29(37)34(28)32-14-16-11-20(30)27(22(12-16)36(40)41)44-26-10-9-17(15-31-26)35(38)39/h2-15H,1H3. The second-order valence-electron chi connectivity index (χ2n) is 9.12. The average molecular weight is 657 g/mol. The quantitative estimate of drug-likeness (QED) is 0.100. The highest BCUT2D eigenvalue weighted by molar-refractivity contribution is 9.10. The van der Waals surface area contributed by atoms with Gasteiger partial charge in [-0.05, 0) is 52.3 Å². The zero-order valence-corrected chi connectivity index (χ0v) is 24.0. The van der Waals surface area contributed by atoms with Crippen LogP contribution in [0.25, 0.3) is 33.5 Å². The van der Waals surface area contributed by atoms with Crippen molar-refractivity contribution in [1.29, 1.82) is 0 Å². The van der Waals surface area contributed by atoms with Crippen LogP contribution in [0.3, 0.4) is 0 Å². The van der Waals surface area contributed by atoms with Crippen LogP contribution >= 0.6 is 15.9 Å². The van der Waals surface area contributed by atoms with Crippen molar-refractivity contribution in [2.75, 3.05) is 7.11 Å². The predicted octanol–water partition coefficient (Wildman–Crippen LogP) is 6.47. The maximum atomic E-state index is 13.6. The SMILES string of the molecule is COc1cccc2oc(-c3nc4ccccc4c(=O)n3N=Cc3cc(Br)c(Oc4ccc([N+](=O)[O-])cn4)c([N+](=O)[O-])c3)cc12. The summed E-state index contributed by atoms with van der Waals surface area (Å²) in [5.74, 6) is 0.632. The molecular weight excluding hydrogens is 640 g/mol. The molecule has 218 valence electrons. The highest BCUT2D eigenvalue weighted by Gasteiger charge is 2.23. The van der Waals surface area contributed by atoms with Gasteiger partial charge < -0.3 is 13.9 Å². The summed E-state index contributed by atoms with van der Waals surface area (Å²) >= 11 is 3.28. The first kappa shape index (κ1) is 28.2. The highest BCUT2D eigenvalue weighted by atomic mass is 79.9. The third kappa shape index (κ3) is 5.22. The Morgan fingerprint density at radius 1 is 1.00 bits per heavy atom. The van der Waals surface area contributed by atoms with Gasteiger partial charge in [-0.3, -0.25) is 25.0 Å². The number of pyridine rings is 1. The van der Waals surface area contributed by atoms with Gasteiger partial charge in [-0.15, -0.1) is 0 Å². The minimum absolute atomic E-state index is 0.0956. The Hall–Kier alpha value is -5.96. The first-order valence-corrected chi connectivity index (χ1v) is 13.4. The van der Waals surface area contributed by atoms with Gasteiger partial charge in [-0.25, -0.2) is 9.97 Å². The topological polar surface area (TPSA) is 178 Å². The molecule has 0 aliphatic carbocycles. The summed E-state index contributed by atoms with van der Waals surface area (Å²) in [4.78, 5) is 43.7. The first-order chi connectivity index (χ1) is 21.2. The molecule has 0 radical (unpaired) electrons. The van der Waals surface area contributed by atoms with E-state index in [2.05, 4.69) is 31.0 Å². The fourth-order valence-corrected chi connectivity index (χ4v) is 4.94. The average Bonchev–Trinajstić information content (AvgIpc) is 3.46. The molecule has 0 aliphatic rings. The monoisotopic (exact) mass is 656 g/mol. The van der Waals surface area contributed by atoms with E-state index in [0.29, 0.717) is 27.6 Å². The number of hydrogen-bond acceptors (Lipinski definition) is 11. The van der Waals surface area contributed by atoms with Crippen LogP contribution in [-0.2, 0) is 0 Å². The minimum Gasteiger partial charge on any atom is -0.496 e. The van der Waals surface area contributed by atoms with Crippen molar-refractivity contribution in [3.63, 3.8) is 0 Å². The van der Waals surface area contributed by atoms with Gasteiger partial charge in [0.25, 0.3) is 11.2 Å². The van der Waals surface area contributed by atoms with Crippen LogP contribution in [-0.4, -0.2) is 37.8 Å². The van der Waals surface area contributed by atoms with Crippen LogP contribution < -0.4 is 15.0 Å². The van der Waals surface area contributed by atoms with Crippen molar-refractivity contribution in [3.05, 3.63) is 120 Å². The van der Waals surface area contributed by atoms with Crippen molar-refractivity contribution in [2.24, 2.45) is 5.10 Å². The van der Waals surface area contributed by atoms with Crippen LogP contribution in [0.15, 0.2) is 97.8 Å². The van der Waals surface area contributed by atoms with Gasteiger partial charge in [0.15, 0.2) is 5.76 Å². The number of nitro groups is 2. The molecule has 0 bridgehead atoms. The molecule has 44 heavy (non-hydrogen) atoms. The molecule has 0 unspecified atom stereocenters. The van der Waals surface area contributed by atoms with E-state index in [9.17, 15) is 25.0 Å². The minimum atomic E-state index is -0.667. The fraction of sp³-hybridized carbons (Fsp3) is 0.0345. The molecule has 0 spiro atoms. The number of nitro benzene ring substituents is 1. The number of aromatic nitrogens is 3. The zero-order chi connectivity index (χ0) is 31.0. The van der Waals surface area contributed by atoms with Crippen molar-refractivity contribution < 1.29 is 23.7 Å². The molecule has 0 aliphatic heterocycles. The smallest absolute Gasteiger partial charge is 0.313 e. The lowest BCUT2D eigenvalue weighted by Crippen LogP contribution is -2.20. The molecule has 3 heterocycles. The van der Waals surface area contributed by atoms with E-state index >= 15 is 0 Å². The van der Waals surface area contributed by atoms with Crippen molar-refractivity contribution in [2.45, 2.75) is 0 Å². The van der Waals surface area contributed by atoms with Crippen molar-refractivity contribution >= 4 is 55.4 Å². The molecule has 15 heteroatoms. The molecule has 0 atom stereocenters. The number of para-hydroxylation sites is 1. The van der Waals surface area contributed by atoms with Gasteiger partial charge >= 0.3 is 5.69 Å². The fourth-order valence-electron chi connectivity index (χ4n) is 4.39. The molecule has 3 aromatic heterocycles. The Balaban J connectivity index is 1.44. The molecule has 0 amide bonds. The van der Waals surface area contributed by atoms with Crippen LogP contribution in [0.4, 0.5) is 11.4 Å². The summed E-state index contributed by atoms with van der Waals surface area (Å²) in [6.07, 6.45) is 2.23. The largest absolute Gasteiger partial charge is 0.496 e. The van der Waals surface area contributed by atoms with Gasteiger partial charge in [-0.2, -0.15) is 9.78 Å². The number of ether oxygens (including phenoxy) is 2. The van der Waals surface area contributed by atoms with Crippen LogP contribution in [0.2, 0.25) is 0 Å².